The van der Waals surface area contributed by atoms with Gasteiger partial charge < -0.3 is 10.2 Å². The second kappa shape index (κ2) is 10.1. The lowest BCUT2D eigenvalue weighted by molar-refractivity contribution is -0.138. The molecule has 11 heteroatoms. The molecule has 0 aromatic heterocycles. The third kappa shape index (κ3) is 4.22. The largest absolute Gasteiger partial charge is 0.417 e. The summed E-state index contributed by atoms with van der Waals surface area (Å²) in [6, 6.07) is 6.88. The number of carbonyl (C=O) groups is 4. The molecule has 8 nitrogen and oxygen atoms in total. The zero-order chi connectivity index (χ0) is 30.0. The standard InChI is InChI=1S/C30H27F3N2O6/c1-4-14(2)21(13-37)35-27(39)18-11-15(3)22-23-19(12-20(30(31,32)33)25(24(18)23)29(35)41)26(38)34(28(22)40)17-7-5-16(6-8-17)9-10-36/h5-8,11-12,14,21,36-37H,4,9-10,13H2,1-3H3. The molecule has 2 aliphatic heterocycles. The van der Waals surface area contributed by atoms with E-state index in [-0.39, 0.29) is 39.8 Å². The first-order valence-corrected chi connectivity index (χ1v) is 13.2. The summed E-state index contributed by atoms with van der Waals surface area (Å²) in [5, 5.41) is 18.7. The molecular formula is C30H27F3N2O6. The van der Waals surface area contributed by atoms with Gasteiger partial charge in [-0.15, -0.1) is 0 Å². The van der Waals surface area contributed by atoms with Gasteiger partial charge >= 0.3 is 6.18 Å². The number of carbonyl (C=O) groups excluding carboxylic acids is 4. The van der Waals surface area contributed by atoms with Gasteiger partial charge in [-0.1, -0.05) is 32.4 Å². The van der Waals surface area contributed by atoms with Crippen LogP contribution in [0.3, 0.4) is 0 Å². The fourth-order valence-electron chi connectivity index (χ4n) is 5.76. The molecule has 41 heavy (non-hydrogen) atoms. The van der Waals surface area contributed by atoms with E-state index in [9.17, 15) is 42.6 Å². The summed E-state index contributed by atoms with van der Waals surface area (Å²) in [5.74, 6) is -4.39. The lowest BCUT2D eigenvalue weighted by Gasteiger charge is -2.38. The van der Waals surface area contributed by atoms with Gasteiger partial charge in [-0.25, -0.2) is 4.90 Å². The average molecular weight is 569 g/mol. The molecule has 0 saturated carbocycles. The molecule has 3 aromatic rings. The fraction of sp³-hybridized carbons (Fsp3) is 0.333. The van der Waals surface area contributed by atoms with E-state index >= 15 is 0 Å². The van der Waals surface area contributed by atoms with E-state index < -0.39 is 65.1 Å². The predicted molar refractivity (Wildman–Crippen MR) is 143 cm³/mol. The fourth-order valence-corrected chi connectivity index (χ4v) is 5.76. The summed E-state index contributed by atoms with van der Waals surface area (Å²) in [5.41, 5.74) is -1.92. The van der Waals surface area contributed by atoms with Crippen LogP contribution in [0.5, 0.6) is 0 Å². The summed E-state index contributed by atoms with van der Waals surface area (Å²) >= 11 is 0. The Morgan fingerprint density at radius 1 is 0.854 bits per heavy atom. The van der Waals surface area contributed by atoms with Gasteiger partial charge in [-0.05, 0) is 54.7 Å². The molecule has 3 aromatic carbocycles. The normalized spacial score (nSPS) is 16.6. The lowest BCUT2D eigenvalue weighted by atomic mass is 9.80. The number of imide groups is 2. The number of anilines is 1. The van der Waals surface area contributed by atoms with E-state index in [2.05, 4.69) is 0 Å². The second-order valence-electron chi connectivity index (χ2n) is 10.4. The maximum atomic E-state index is 14.6. The van der Waals surface area contributed by atoms with Crippen molar-refractivity contribution in [2.45, 2.75) is 45.8 Å². The minimum absolute atomic E-state index is 0.0811. The number of rotatable bonds is 7. The number of benzene rings is 3. The summed E-state index contributed by atoms with van der Waals surface area (Å²) in [6.07, 6.45) is -4.32. The minimum Gasteiger partial charge on any atom is -0.396 e. The molecule has 0 bridgehead atoms. The van der Waals surface area contributed by atoms with E-state index in [1.165, 1.54) is 25.1 Å². The van der Waals surface area contributed by atoms with Crippen LogP contribution in [0.15, 0.2) is 36.4 Å². The Balaban J connectivity index is 1.81. The first-order valence-electron chi connectivity index (χ1n) is 13.2. The Labute approximate surface area is 233 Å². The van der Waals surface area contributed by atoms with E-state index in [4.69, 9.17) is 0 Å². The quantitative estimate of drug-likeness (QED) is 0.406. The number of amides is 4. The predicted octanol–water partition coefficient (Wildman–Crippen LogP) is 4.51. The first kappa shape index (κ1) is 28.4. The van der Waals surface area contributed by atoms with Gasteiger partial charge in [-0.2, -0.15) is 13.2 Å². The van der Waals surface area contributed by atoms with Gasteiger partial charge in [0.2, 0.25) is 0 Å². The van der Waals surface area contributed by atoms with Gasteiger partial charge in [0.15, 0.2) is 0 Å². The highest BCUT2D eigenvalue weighted by Crippen LogP contribution is 2.46. The van der Waals surface area contributed by atoms with Crippen molar-refractivity contribution in [3.8, 4) is 0 Å². The molecular weight excluding hydrogens is 541 g/mol. The van der Waals surface area contributed by atoms with E-state index in [0.717, 1.165) is 10.5 Å². The van der Waals surface area contributed by atoms with Crippen molar-refractivity contribution in [2.75, 3.05) is 18.1 Å². The molecule has 0 aliphatic carbocycles. The number of aryl methyl sites for hydroxylation is 1. The molecule has 0 saturated heterocycles. The van der Waals surface area contributed by atoms with Crippen molar-refractivity contribution in [3.63, 3.8) is 0 Å². The number of alkyl halides is 3. The molecule has 2 aliphatic rings. The summed E-state index contributed by atoms with van der Waals surface area (Å²) in [6.45, 7) is 4.18. The van der Waals surface area contributed by atoms with Gasteiger partial charge in [0.25, 0.3) is 23.6 Å². The van der Waals surface area contributed by atoms with Crippen LogP contribution >= 0.6 is 0 Å². The molecule has 2 unspecified atom stereocenters. The molecule has 2 heterocycles. The van der Waals surface area contributed by atoms with Crippen LogP contribution in [0.4, 0.5) is 18.9 Å². The van der Waals surface area contributed by atoms with Gasteiger partial charge in [0, 0.05) is 28.5 Å². The number of aliphatic hydroxyl groups is 2. The first-order chi connectivity index (χ1) is 19.4. The van der Waals surface area contributed by atoms with Crippen LogP contribution in [-0.4, -0.2) is 58.0 Å². The van der Waals surface area contributed by atoms with Crippen LogP contribution in [0.1, 0.15) is 78.4 Å². The maximum absolute atomic E-state index is 14.6. The van der Waals surface area contributed by atoms with Crippen LogP contribution < -0.4 is 4.90 Å². The Morgan fingerprint density at radius 2 is 1.46 bits per heavy atom. The lowest BCUT2D eigenvalue weighted by Crippen LogP contribution is -2.52. The third-order valence-corrected chi connectivity index (χ3v) is 8.05. The van der Waals surface area contributed by atoms with Gasteiger partial charge in [0.05, 0.1) is 35.0 Å². The minimum atomic E-state index is -5.09. The average Bonchev–Trinajstić information content (AvgIpc) is 2.92. The van der Waals surface area contributed by atoms with Crippen LogP contribution in [0.2, 0.25) is 0 Å². The number of hydrogen-bond donors (Lipinski definition) is 2. The summed E-state index contributed by atoms with van der Waals surface area (Å²) in [7, 11) is 0. The number of hydrogen-bond acceptors (Lipinski definition) is 6. The molecule has 2 atom stereocenters. The highest BCUT2D eigenvalue weighted by molar-refractivity contribution is 6.40. The topological polar surface area (TPSA) is 115 Å². The maximum Gasteiger partial charge on any atom is 0.417 e. The molecule has 2 N–H and O–H groups in total. The molecule has 5 rings (SSSR count). The Hall–Kier alpha value is -4.09. The van der Waals surface area contributed by atoms with Crippen molar-refractivity contribution >= 4 is 40.1 Å². The zero-order valence-corrected chi connectivity index (χ0v) is 22.5. The SMILES string of the molecule is CCC(C)C(CO)N1C(=O)c2cc(C)c3c4c(cc(C(F)(F)F)c(c24)C1=O)C(=O)N(c1ccc(CCO)cc1)C3=O. The third-order valence-electron chi connectivity index (χ3n) is 8.05. The highest BCUT2D eigenvalue weighted by atomic mass is 19.4. The van der Waals surface area contributed by atoms with Crippen LogP contribution in [0, 0.1) is 12.8 Å². The van der Waals surface area contributed by atoms with E-state index in [1.807, 2.05) is 0 Å². The highest BCUT2D eigenvalue weighted by Gasteiger charge is 2.48. The van der Waals surface area contributed by atoms with Crippen molar-refractivity contribution in [3.05, 3.63) is 75.3 Å². The molecule has 4 amide bonds. The van der Waals surface area contributed by atoms with Crippen LogP contribution in [0.25, 0.3) is 10.8 Å². The van der Waals surface area contributed by atoms with Crippen molar-refractivity contribution < 1.29 is 42.6 Å². The number of nitrogens with zero attached hydrogens (tertiary/aromatic N) is 2. The Morgan fingerprint density at radius 3 is 2.02 bits per heavy atom. The smallest absolute Gasteiger partial charge is 0.396 e. The van der Waals surface area contributed by atoms with Gasteiger partial charge in [-0.3, -0.25) is 24.1 Å². The summed E-state index contributed by atoms with van der Waals surface area (Å²) in [4.78, 5) is 56.5. The van der Waals surface area contributed by atoms with Crippen LogP contribution in [-0.2, 0) is 12.6 Å². The summed E-state index contributed by atoms with van der Waals surface area (Å²) < 4.78 is 43.7. The Kier molecular flexibility index (Phi) is 6.99. The zero-order valence-electron chi connectivity index (χ0n) is 22.5. The van der Waals surface area contributed by atoms with Crippen molar-refractivity contribution in [2.24, 2.45) is 5.92 Å². The van der Waals surface area contributed by atoms with E-state index in [1.54, 1.807) is 26.0 Å². The van der Waals surface area contributed by atoms with Crippen molar-refractivity contribution in [1.82, 2.24) is 4.90 Å². The molecule has 0 radical (unpaired) electrons. The Bertz CT molecular complexity index is 1630. The molecule has 214 valence electrons. The number of aliphatic hydroxyl groups excluding tert-OH is 2. The van der Waals surface area contributed by atoms with Crippen molar-refractivity contribution in [1.29, 1.82) is 0 Å². The monoisotopic (exact) mass is 568 g/mol. The second-order valence-corrected chi connectivity index (χ2v) is 10.4. The van der Waals surface area contributed by atoms with Gasteiger partial charge in [0.1, 0.15) is 0 Å². The molecule has 0 spiro atoms. The van der Waals surface area contributed by atoms with E-state index in [0.29, 0.717) is 23.8 Å². The number of halogens is 3. The molecule has 0 fully saturated rings.